The molecule has 2 N–H and O–H groups in total. The van der Waals surface area contributed by atoms with Crippen molar-refractivity contribution >= 4 is 27.4 Å². The highest BCUT2D eigenvalue weighted by Gasteiger charge is 2.20. The number of hydrogen-bond donors (Lipinski definition) is 1. The van der Waals surface area contributed by atoms with Gasteiger partial charge in [-0.15, -0.1) is 11.3 Å². The minimum atomic E-state index is 0.273. The molecule has 1 fully saturated rings. The van der Waals surface area contributed by atoms with Crippen molar-refractivity contribution in [3.63, 3.8) is 0 Å². The van der Waals surface area contributed by atoms with Crippen molar-refractivity contribution in [3.8, 4) is 0 Å². The Balaban J connectivity index is 2.04. The highest BCUT2D eigenvalue weighted by Crippen LogP contribution is 2.31. The molecule has 0 amide bonds. The third kappa shape index (κ3) is 1.89. The van der Waals surface area contributed by atoms with Gasteiger partial charge in [0.05, 0.1) is 10.2 Å². The summed E-state index contributed by atoms with van der Waals surface area (Å²) in [5.74, 6) is 1.06. The Hall–Kier alpha value is -1.20. The maximum Gasteiger partial charge on any atom is 0.150 e. The van der Waals surface area contributed by atoms with Crippen LogP contribution >= 0.6 is 11.3 Å². The number of aromatic nitrogens is 2. The van der Waals surface area contributed by atoms with Gasteiger partial charge >= 0.3 is 0 Å². The molecule has 2 aromatic rings. The first-order valence-electron chi connectivity index (χ1n) is 5.95. The number of hydrogen-bond acceptors (Lipinski definition) is 5. The minimum Gasteiger partial charge on any atom is -0.354 e. The predicted octanol–water partition coefficient (Wildman–Crippen LogP) is 1.93. The summed E-state index contributed by atoms with van der Waals surface area (Å²) in [4.78, 5) is 11.1. The Bertz CT molecular complexity index is 536. The van der Waals surface area contributed by atoms with Gasteiger partial charge in [0.25, 0.3) is 0 Å². The third-order valence-corrected chi connectivity index (χ3v) is 4.35. The lowest BCUT2D eigenvalue weighted by Gasteiger charge is -2.31. The molecular formula is C12H16N4S. The van der Waals surface area contributed by atoms with E-state index in [0.29, 0.717) is 0 Å². The SMILES string of the molecule is Cc1csc2c(N3CCC[C@@H](N)C3)ncnc12. The lowest BCUT2D eigenvalue weighted by Crippen LogP contribution is -2.43. The summed E-state index contributed by atoms with van der Waals surface area (Å²) < 4.78 is 1.19. The van der Waals surface area contributed by atoms with E-state index in [1.807, 2.05) is 0 Å². The van der Waals surface area contributed by atoms with Crippen LogP contribution in [0.1, 0.15) is 18.4 Å². The van der Waals surface area contributed by atoms with Crippen LogP contribution < -0.4 is 10.6 Å². The highest BCUT2D eigenvalue weighted by molar-refractivity contribution is 7.18. The van der Waals surface area contributed by atoms with E-state index in [1.54, 1.807) is 17.7 Å². The zero-order chi connectivity index (χ0) is 11.8. The molecular weight excluding hydrogens is 232 g/mol. The van der Waals surface area contributed by atoms with E-state index in [0.717, 1.165) is 37.3 Å². The second kappa shape index (κ2) is 4.23. The van der Waals surface area contributed by atoms with Gasteiger partial charge in [0, 0.05) is 19.1 Å². The number of rotatable bonds is 1. The average Bonchev–Trinajstić information content (AvgIpc) is 2.71. The van der Waals surface area contributed by atoms with Crippen molar-refractivity contribution in [2.45, 2.75) is 25.8 Å². The smallest absolute Gasteiger partial charge is 0.150 e. The summed E-state index contributed by atoms with van der Waals surface area (Å²) in [6.07, 6.45) is 3.93. The van der Waals surface area contributed by atoms with Gasteiger partial charge in [-0.05, 0) is 30.7 Å². The van der Waals surface area contributed by atoms with Crippen LogP contribution in [0.4, 0.5) is 5.82 Å². The van der Waals surface area contributed by atoms with Crippen LogP contribution in [0.2, 0.25) is 0 Å². The maximum absolute atomic E-state index is 6.03. The Kier molecular flexibility index (Phi) is 2.72. The van der Waals surface area contributed by atoms with Gasteiger partial charge in [-0.25, -0.2) is 9.97 Å². The number of thiophene rings is 1. The van der Waals surface area contributed by atoms with E-state index in [4.69, 9.17) is 5.73 Å². The van der Waals surface area contributed by atoms with Crippen LogP contribution in [-0.4, -0.2) is 29.1 Å². The fourth-order valence-electron chi connectivity index (χ4n) is 2.38. The molecule has 5 heteroatoms. The van der Waals surface area contributed by atoms with Crippen LogP contribution in [0.15, 0.2) is 11.7 Å². The summed E-state index contributed by atoms with van der Waals surface area (Å²) in [6.45, 7) is 4.05. The molecule has 17 heavy (non-hydrogen) atoms. The number of nitrogens with two attached hydrogens (primary N) is 1. The molecule has 1 atom stereocenters. The lowest BCUT2D eigenvalue weighted by atomic mass is 10.1. The van der Waals surface area contributed by atoms with Crippen LogP contribution in [0.25, 0.3) is 10.2 Å². The Morgan fingerprint density at radius 1 is 1.47 bits per heavy atom. The molecule has 0 unspecified atom stereocenters. The van der Waals surface area contributed by atoms with Gasteiger partial charge in [-0.2, -0.15) is 0 Å². The van der Waals surface area contributed by atoms with Crippen molar-refractivity contribution in [1.82, 2.24) is 9.97 Å². The molecule has 0 spiro atoms. The monoisotopic (exact) mass is 248 g/mol. The molecule has 3 rings (SSSR count). The van der Waals surface area contributed by atoms with Gasteiger partial charge in [0.1, 0.15) is 12.1 Å². The third-order valence-electron chi connectivity index (χ3n) is 3.27. The van der Waals surface area contributed by atoms with Crippen LogP contribution in [0, 0.1) is 6.92 Å². The predicted molar refractivity (Wildman–Crippen MR) is 71.6 cm³/mol. The molecule has 3 heterocycles. The summed E-state index contributed by atoms with van der Waals surface area (Å²) in [5.41, 5.74) is 8.34. The second-order valence-electron chi connectivity index (χ2n) is 4.64. The molecule has 90 valence electrons. The minimum absolute atomic E-state index is 0.273. The lowest BCUT2D eigenvalue weighted by molar-refractivity contribution is 0.504. The molecule has 2 aromatic heterocycles. The van der Waals surface area contributed by atoms with E-state index in [-0.39, 0.29) is 6.04 Å². The van der Waals surface area contributed by atoms with Crippen LogP contribution in [-0.2, 0) is 0 Å². The molecule has 1 saturated heterocycles. The van der Waals surface area contributed by atoms with E-state index < -0.39 is 0 Å². The van der Waals surface area contributed by atoms with E-state index in [9.17, 15) is 0 Å². The topological polar surface area (TPSA) is 55.0 Å². The number of anilines is 1. The van der Waals surface area contributed by atoms with Crippen molar-refractivity contribution in [1.29, 1.82) is 0 Å². The largest absolute Gasteiger partial charge is 0.354 e. The molecule has 1 aliphatic heterocycles. The van der Waals surface area contributed by atoms with Crippen LogP contribution in [0.3, 0.4) is 0 Å². The Labute approximate surface area is 104 Å². The first kappa shape index (κ1) is 10.9. The fraction of sp³-hybridized carbons (Fsp3) is 0.500. The molecule has 0 aromatic carbocycles. The summed E-state index contributed by atoms with van der Waals surface area (Å²) >= 11 is 1.73. The van der Waals surface area contributed by atoms with E-state index >= 15 is 0 Å². The number of piperidine rings is 1. The molecule has 4 nitrogen and oxygen atoms in total. The van der Waals surface area contributed by atoms with Crippen molar-refractivity contribution in [2.75, 3.05) is 18.0 Å². The Morgan fingerprint density at radius 2 is 2.35 bits per heavy atom. The second-order valence-corrected chi connectivity index (χ2v) is 5.52. The van der Waals surface area contributed by atoms with Gasteiger partial charge in [-0.1, -0.05) is 0 Å². The molecule has 0 radical (unpaired) electrons. The summed E-state index contributed by atoms with van der Waals surface area (Å²) in [7, 11) is 0. The number of aryl methyl sites for hydroxylation is 1. The molecule has 0 aliphatic carbocycles. The highest BCUT2D eigenvalue weighted by atomic mass is 32.1. The van der Waals surface area contributed by atoms with Crippen molar-refractivity contribution < 1.29 is 0 Å². The van der Waals surface area contributed by atoms with Crippen molar-refractivity contribution in [3.05, 3.63) is 17.3 Å². The van der Waals surface area contributed by atoms with Crippen LogP contribution in [0.5, 0.6) is 0 Å². The van der Waals surface area contributed by atoms with Gasteiger partial charge < -0.3 is 10.6 Å². The quantitative estimate of drug-likeness (QED) is 0.838. The van der Waals surface area contributed by atoms with Gasteiger partial charge in [0.2, 0.25) is 0 Å². The summed E-state index contributed by atoms with van der Waals surface area (Å²) in [5, 5.41) is 2.15. The Morgan fingerprint density at radius 3 is 3.18 bits per heavy atom. The maximum atomic E-state index is 6.03. The number of fused-ring (bicyclic) bond motifs is 1. The zero-order valence-electron chi connectivity index (χ0n) is 9.89. The van der Waals surface area contributed by atoms with E-state index in [2.05, 4.69) is 27.2 Å². The molecule has 0 bridgehead atoms. The fourth-order valence-corrected chi connectivity index (χ4v) is 3.40. The zero-order valence-corrected chi connectivity index (χ0v) is 10.7. The van der Waals surface area contributed by atoms with Crippen molar-refractivity contribution in [2.24, 2.45) is 5.73 Å². The van der Waals surface area contributed by atoms with Gasteiger partial charge in [0.15, 0.2) is 0 Å². The molecule has 1 aliphatic rings. The van der Waals surface area contributed by atoms with E-state index in [1.165, 1.54) is 10.3 Å². The standard InChI is InChI=1S/C12H16N4S/c1-8-6-17-11-10(8)14-7-15-12(11)16-4-2-3-9(13)5-16/h6-7,9H,2-5,13H2,1H3/t9-/m1/s1. The average molecular weight is 248 g/mol. The molecule has 0 saturated carbocycles. The van der Waals surface area contributed by atoms with Gasteiger partial charge in [-0.3, -0.25) is 0 Å². The summed E-state index contributed by atoms with van der Waals surface area (Å²) in [6, 6.07) is 0.273. The first-order valence-corrected chi connectivity index (χ1v) is 6.83. The number of nitrogens with zero attached hydrogens (tertiary/aromatic N) is 3. The first-order chi connectivity index (χ1) is 8.25. The normalized spacial score (nSPS) is 21.1.